The molecule has 1 aliphatic heterocycles. The summed E-state index contributed by atoms with van der Waals surface area (Å²) in [7, 11) is 0. The zero-order valence-electron chi connectivity index (χ0n) is 10.6. The molecule has 3 heteroatoms. The molecule has 2 aromatic rings. The molecule has 0 amide bonds. The van der Waals surface area contributed by atoms with E-state index in [-0.39, 0.29) is 11.9 Å². The second-order valence-electron chi connectivity index (χ2n) is 4.81. The van der Waals surface area contributed by atoms with Crippen LogP contribution in [-0.4, -0.2) is 12.6 Å². The van der Waals surface area contributed by atoms with Crippen LogP contribution < -0.4 is 10.1 Å². The van der Waals surface area contributed by atoms with Crippen LogP contribution in [0.1, 0.15) is 11.1 Å². The van der Waals surface area contributed by atoms with Crippen LogP contribution in [0.4, 0.5) is 4.39 Å². The summed E-state index contributed by atoms with van der Waals surface area (Å²) in [5.74, 6) is 0.619. The van der Waals surface area contributed by atoms with E-state index in [1.165, 1.54) is 11.6 Å². The van der Waals surface area contributed by atoms with Gasteiger partial charge < -0.3 is 10.1 Å². The molecule has 0 aromatic heterocycles. The molecule has 2 nitrogen and oxygen atoms in total. The maximum Gasteiger partial charge on any atom is 0.123 e. The van der Waals surface area contributed by atoms with Gasteiger partial charge >= 0.3 is 0 Å². The Kier molecular flexibility index (Phi) is 3.47. The van der Waals surface area contributed by atoms with Crippen molar-refractivity contribution >= 4 is 0 Å². The first kappa shape index (κ1) is 12.2. The molecular formula is C16H16FNO. The molecule has 1 heterocycles. The van der Waals surface area contributed by atoms with Crippen molar-refractivity contribution in [3.8, 4) is 5.75 Å². The van der Waals surface area contributed by atoms with E-state index < -0.39 is 0 Å². The van der Waals surface area contributed by atoms with Gasteiger partial charge in [-0.2, -0.15) is 0 Å². The van der Waals surface area contributed by atoms with Gasteiger partial charge in [-0.1, -0.05) is 30.3 Å². The molecule has 0 saturated carbocycles. The highest BCUT2D eigenvalue weighted by atomic mass is 19.1. The first-order chi connectivity index (χ1) is 9.31. The number of halogens is 1. The molecule has 1 N–H and O–H groups in total. The fourth-order valence-corrected chi connectivity index (χ4v) is 2.38. The summed E-state index contributed by atoms with van der Waals surface area (Å²) in [4.78, 5) is 0. The SMILES string of the molecule is Fc1ccc2c(c1)CC(CNCc1ccccc1)O2. The Morgan fingerprint density at radius 2 is 2.00 bits per heavy atom. The molecule has 1 aliphatic rings. The fraction of sp³-hybridized carbons (Fsp3) is 0.250. The summed E-state index contributed by atoms with van der Waals surface area (Å²) >= 11 is 0. The molecule has 0 spiro atoms. The minimum atomic E-state index is -0.194. The summed E-state index contributed by atoms with van der Waals surface area (Å²) in [6.07, 6.45) is 0.870. The average Bonchev–Trinajstić information content (AvgIpc) is 2.82. The van der Waals surface area contributed by atoms with Crippen LogP contribution in [0.25, 0.3) is 0 Å². The third-order valence-electron chi connectivity index (χ3n) is 3.31. The predicted molar refractivity (Wildman–Crippen MR) is 72.7 cm³/mol. The van der Waals surface area contributed by atoms with Crippen molar-refractivity contribution in [2.45, 2.75) is 19.1 Å². The molecule has 0 radical (unpaired) electrons. The molecule has 0 saturated heterocycles. The molecule has 3 rings (SSSR count). The Morgan fingerprint density at radius 1 is 1.16 bits per heavy atom. The normalized spacial score (nSPS) is 17.0. The number of hydrogen-bond acceptors (Lipinski definition) is 2. The maximum atomic E-state index is 13.1. The van der Waals surface area contributed by atoms with Gasteiger partial charge in [0.25, 0.3) is 0 Å². The summed E-state index contributed by atoms with van der Waals surface area (Å²) in [5, 5.41) is 3.37. The van der Waals surface area contributed by atoms with E-state index in [9.17, 15) is 4.39 Å². The standard InChI is InChI=1S/C16H16FNO/c17-14-6-7-16-13(8-14)9-15(19-16)11-18-10-12-4-2-1-3-5-12/h1-8,15,18H,9-11H2. The molecule has 1 atom stereocenters. The van der Waals surface area contributed by atoms with Gasteiger partial charge in [-0.05, 0) is 23.8 Å². The van der Waals surface area contributed by atoms with Crippen molar-refractivity contribution in [2.24, 2.45) is 0 Å². The van der Waals surface area contributed by atoms with Crippen molar-refractivity contribution in [3.05, 3.63) is 65.5 Å². The zero-order chi connectivity index (χ0) is 13.1. The average molecular weight is 257 g/mol. The van der Waals surface area contributed by atoms with E-state index in [1.54, 1.807) is 12.1 Å². The second kappa shape index (κ2) is 5.41. The second-order valence-corrected chi connectivity index (χ2v) is 4.81. The van der Waals surface area contributed by atoms with Gasteiger partial charge in [-0.3, -0.25) is 0 Å². The summed E-state index contributed by atoms with van der Waals surface area (Å²) in [5.41, 5.74) is 2.22. The fourth-order valence-electron chi connectivity index (χ4n) is 2.38. The maximum absolute atomic E-state index is 13.1. The summed E-state index contributed by atoms with van der Waals surface area (Å²) in [6, 6.07) is 15.0. The highest BCUT2D eigenvalue weighted by Gasteiger charge is 2.22. The molecule has 98 valence electrons. The number of hydrogen-bond donors (Lipinski definition) is 1. The van der Waals surface area contributed by atoms with Crippen LogP contribution >= 0.6 is 0 Å². The number of rotatable bonds is 4. The lowest BCUT2D eigenvalue weighted by molar-refractivity contribution is 0.227. The Morgan fingerprint density at radius 3 is 2.84 bits per heavy atom. The van der Waals surface area contributed by atoms with Gasteiger partial charge in [0.15, 0.2) is 0 Å². The van der Waals surface area contributed by atoms with Gasteiger partial charge in [-0.25, -0.2) is 4.39 Å². The Bertz CT molecular complexity index is 556. The van der Waals surface area contributed by atoms with Gasteiger partial charge in [0.2, 0.25) is 0 Å². The lowest BCUT2D eigenvalue weighted by Gasteiger charge is -2.11. The van der Waals surface area contributed by atoms with E-state index in [4.69, 9.17) is 4.74 Å². The van der Waals surface area contributed by atoms with Crippen molar-refractivity contribution in [3.63, 3.8) is 0 Å². The molecule has 2 aromatic carbocycles. The summed E-state index contributed by atoms with van der Waals surface area (Å²) in [6.45, 7) is 1.59. The first-order valence-electron chi connectivity index (χ1n) is 6.51. The monoisotopic (exact) mass is 257 g/mol. The Labute approximate surface area is 112 Å². The molecule has 1 unspecified atom stereocenters. The van der Waals surface area contributed by atoms with Crippen molar-refractivity contribution in [1.29, 1.82) is 0 Å². The quantitative estimate of drug-likeness (QED) is 0.909. The molecule has 19 heavy (non-hydrogen) atoms. The lowest BCUT2D eigenvalue weighted by atomic mass is 10.1. The Hall–Kier alpha value is -1.87. The topological polar surface area (TPSA) is 21.3 Å². The van der Waals surface area contributed by atoms with E-state index >= 15 is 0 Å². The largest absolute Gasteiger partial charge is 0.488 e. The number of fused-ring (bicyclic) bond motifs is 1. The molecule has 0 fully saturated rings. The molecular weight excluding hydrogens is 241 g/mol. The van der Waals surface area contributed by atoms with E-state index in [2.05, 4.69) is 17.4 Å². The predicted octanol–water partition coefficient (Wildman–Crippen LogP) is 2.92. The van der Waals surface area contributed by atoms with Crippen molar-refractivity contribution in [1.82, 2.24) is 5.32 Å². The zero-order valence-corrected chi connectivity index (χ0v) is 10.6. The van der Waals surface area contributed by atoms with Crippen molar-refractivity contribution in [2.75, 3.05) is 6.54 Å². The van der Waals surface area contributed by atoms with E-state index in [0.717, 1.165) is 30.8 Å². The van der Waals surface area contributed by atoms with E-state index in [1.807, 2.05) is 18.2 Å². The van der Waals surface area contributed by atoms with Gasteiger partial charge in [0.05, 0.1) is 0 Å². The summed E-state index contributed by atoms with van der Waals surface area (Å²) < 4.78 is 18.9. The highest BCUT2D eigenvalue weighted by molar-refractivity contribution is 5.37. The number of nitrogens with one attached hydrogen (secondary N) is 1. The molecule has 0 bridgehead atoms. The Balaban J connectivity index is 1.51. The van der Waals surface area contributed by atoms with Crippen LogP contribution in [0.3, 0.4) is 0 Å². The van der Waals surface area contributed by atoms with Crippen LogP contribution in [-0.2, 0) is 13.0 Å². The highest BCUT2D eigenvalue weighted by Crippen LogP contribution is 2.28. The first-order valence-corrected chi connectivity index (χ1v) is 6.51. The number of benzene rings is 2. The van der Waals surface area contributed by atoms with E-state index in [0.29, 0.717) is 0 Å². The van der Waals surface area contributed by atoms with Crippen molar-refractivity contribution < 1.29 is 9.13 Å². The van der Waals surface area contributed by atoms with Gasteiger partial charge in [-0.15, -0.1) is 0 Å². The number of ether oxygens (including phenoxy) is 1. The minimum Gasteiger partial charge on any atom is -0.488 e. The minimum absolute atomic E-state index is 0.0977. The smallest absolute Gasteiger partial charge is 0.123 e. The van der Waals surface area contributed by atoms with Gasteiger partial charge in [0.1, 0.15) is 17.7 Å². The lowest BCUT2D eigenvalue weighted by Crippen LogP contribution is -2.29. The van der Waals surface area contributed by atoms with Crippen LogP contribution in [0.2, 0.25) is 0 Å². The molecule has 0 aliphatic carbocycles. The van der Waals surface area contributed by atoms with Crippen LogP contribution in [0.15, 0.2) is 48.5 Å². The van der Waals surface area contributed by atoms with Gasteiger partial charge in [0, 0.05) is 25.1 Å². The third-order valence-corrected chi connectivity index (χ3v) is 3.31. The van der Waals surface area contributed by atoms with Crippen LogP contribution in [0.5, 0.6) is 5.75 Å². The third kappa shape index (κ3) is 2.93. The van der Waals surface area contributed by atoms with Crippen LogP contribution in [0, 0.1) is 5.82 Å².